The number of carbonyl (C=O) groups is 1. The fourth-order valence-corrected chi connectivity index (χ4v) is 3.14. The van der Waals surface area contributed by atoms with E-state index in [0.717, 1.165) is 12.1 Å². The van der Waals surface area contributed by atoms with E-state index in [0.29, 0.717) is 12.3 Å². The molecule has 0 N–H and O–H groups in total. The fourth-order valence-electron chi connectivity index (χ4n) is 2.09. The third-order valence-corrected chi connectivity index (χ3v) is 4.69. The summed E-state index contributed by atoms with van der Waals surface area (Å²) in [5.74, 6) is -1.01. The van der Waals surface area contributed by atoms with Crippen molar-refractivity contribution in [2.75, 3.05) is 6.26 Å². The number of halogens is 4. The van der Waals surface area contributed by atoms with Crippen LogP contribution in [-0.2, 0) is 20.8 Å². The van der Waals surface area contributed by atoms with Gasteiger partial charge in [0.2, 0.25) is 0 Å². The highest BCUT2D eigenvalue weighted by atomic mass is 35.5. The highest BCUT2D eigenvalue weighted by Crippen LogP contribution is 2.39. The van der Waals surface area contributed by atoms with Crippen molar-refractivity contribution in [3.8, 4) is 17.2 Å². The van der Waals surface area contributed by atoms with E-state index < -0.39 is 32.4 Å². The molecule has 0 fully saturated rings. The molecule has 0 unspecified atom stereocenters. The Kier molecular flexibility index (Phi) is 6.06. The van der Waals surface area contributed by atoms with Crippen LogP contribution >= 0.6 is 11.6 Å². The summed E-state index contributed by atoms with van der Waals surface area (Å²) in [7, 11) is -4.11. The van der Waals surface area contributed by atoms with Gasteiger partial charge in [-0.25, -0.2) is 8.42 Å². The maximum atomic E-state index is 13.2. The van der Waals surface area contributed by atoms with E-state index in [-0.39, 0.29) is 28.7 Å². The Balaban J connectivity index is 2.50. The molecular weight excluding hydrogens is 409 g/mol. The molecule has 0 radical (unpaired) electrons. The van der Waals surface area contributed by atoms with Gasteiger partial charge >= 0.3 is 12.1 Å². The average Bonchev–Trinajstić information content (AvgIpc) is 2.55. The van der Waals surface area contributed by atoms with Crippen LogP contribution in [0.2, 0.25) is 5.02 Å². The first-order valence-corrected chi connectivity index (χ1v) is 9.78. The minimum Gasteiger partial charge on any atom is -0.453 e. The highest BCUT2D eigenvalue weighted by molar-refractivity contribution is 7.90. The van der Waals surface area contributed by atoms with Gasteiger partial charge in [-0.15, -0.1) is 0 Å². The van der Waals surface area contributed by atoms with Crippen molar-refractivity contribution >= 4 is 27.4 Å². The second-order valence-corrected chi connectivity index (χ2v) is 7.87. The second-order valence-electron chi connectivity index (χ2n) is 5.45. The number of carbonyl (C=O) groups excluding carboxylic acids is 1. The molecule has 2 rings (SSSR count). The second kappa shape index (κ2) is 7.77. The van der Waals surface area contributed by atoms with Crippen LogP contribution in [0.1, 0.15) is 18.9 Å². The van der Waals surface area contributed by atoms with Crippen LogP contribution < -0.4 is 9.47 Å². The summed E-state index contributed by atoms with van der Waals surface area (Å²) in [5.41, 5.74) is -1.36. The van der Waals surface area contributed by atoms with Gasteiger partial charge in [0, 0.05) is 23.8 Å². The molecule has 0 heterocycles. The molecule has 5 nitrogen and oxygen atoms in total. The van der Waals surface area contributed by atoms with Gasteiger partial charge in [0.05, 0.1) is 10.5 Å². The maximum Gasteiger partial charge on any atom is 0.417 e. The Morgan fingerprint density at radius 2 is 1.78 bits per heavy atom. The number of benzene rings is 2. The smallest absolute Gasteiger partial charge is 0.417 e. The van der Waals surface area contributed by atoms with Crippen LogP contribution in [0.25, 0.3) is 0 Å². The zero-order valence-corrected chi connectivity index (χ0v) is 15.7. The monoisotopic (exact) mass is 422 g/mol. The first kappa shape index (κ1) is 21.0. The van der Waals surface area contributed by atoms with Crippen molar-refractivity contribution < 1.29 is 35.9 Å². The van der Waals surface area contributed by atoms with E-state index in [9.17, 15) is 26.4 Å². The Morgan fingerprint density at radius 3 is 2.33 bits per heavy atom. The zero-order valence-electron chi connectivity index (χ0n) is 14.1. The van der Waals surface area contributed by atoms with Crippen molar-refractivity contribution in [3.63, 3.8) is 0 Å². The van der Waals surface area contributed by atoms with E-state index in [2.05, 4.69) is 0 Å². The minimum atomic E-state index is -4.91. The first-order valence-electron chi connectivity index (χ1n) is 7.51. The molecule has 0 spiro atoms. The van der Waals surface area contributed by atoms with Crippen molar-refractivity contribution in [2.45, 2.75) is 24.4 Å². The lowest BCUT2D eigenvalue weighted by atomic mass is 10.2. The summed E-state index contributed by atoms with van der Waals surface area (Å²) in [6, 6.07) is 6.44. The third-order valence-electron chi connectivity index (χ3n) is 3.30. The molecule has 10 heteroatoms. The fraction of sp³-hybridized carbons (Fsp3) is 0.235. The predicted octanol–water partition coefficient (Wildman–Crippen LogP) is 4.87. The number of sulfone groups is 1. The van der Waals surface area contributed by atoms with Crippen molar-refractivity contribution in [1.29, 1.82) is 0 Å². The molecule has 146 valence electrons. The molecule has 0 amide bonds. The molecule has 27 heavy (non-hydrogen) atoms. The Morgan fingerprint density at radius 1 is 1.11 bits per heavy atom. The third kappa shape index (κ3) is 5.36. The summed E-state index contributed by atoms with van der Waals surface area (Å²) in [6.45, 7) is 1.57. The van der Waals surface area contributed by atoms with Gasteiger partial charge in [-0.2, -0.15) is 13.2 Å². The molecule has 0 atom stereocenters. The van der Waals surface area contributed by atoms with Crippen LogP contribution in [0.5, 0.6) is 17.2 Å². The van der Waals surface area contributed by atoms with Crippen LogP contribution in [0, 0.1) is 0 Å². The van der Waals surface area contributed by atoms with E-state index >= 15 is 0 Å². The van der Waals surface area contributed by atoms with E-state index in [1.54, 1.807) is 6.92 Å². The van der Waals surface area contributed by atoms with Gasteiger partial charge in [-0.1, -0.05) is 18.5 Å². The molecule has 0 bridgehead atoms. The van der Waals surface area contributed by atoms with E-state index in [1.807, 2.05) is 0 Å². The minimum absolute atomic E-state index is 0.0352. The van der Waals surface area contributed by atoms with Gasteiger partial charge in [-0.3, -0.25) is 4.79 Å². The molecule has 0 aliphatic rings. The standard InChI is InChI=1S/C17H14ClF3O5S/c1-3-16(22)26-13-6-4-10(18)8-14(13)25-11-5-7-15(27(2,23)24)12(9-11)17(19,20)21/h4-9H,3H2,1-2H3. The Hall–Kier alpha value is -2.26. The molecule has 0 aromatic heterocycles. The SMILES string of the molecule is CCC(=O)Oc1ccc(Cl)cc1Oc1ccc(S(C)(=O)=O)c(C(F)(F)F)c1. The number of esters is 1. The number of ether oxygens (including phenoxy) is 2. The van der Waals surface area contributed by atoms with Crippen LogP contribution in [0.3, 0.4) is 0 Å². The summed E-state index contributed by atoms with van der Waals surface area (Å²) in [4.78, 5) is 10.6. The van der Waals surface area contributed by atoms with Gasteiger partial charge in [-0.05, 0) is 30.3 Å². The Bertz CT molecular complexity index is 971. The van der Waals surface area contributed by atoms with Gasteiger partial charge in [0.1, 0.15) is 5.75 Å². The highest BCUT2D eigenvalue weighted by Gasteiger charge is 2.36. The summed E-state index contributed by atoms with van der Waals surface area (Å²) >= 11 is 5.86. The van der Waals surface area contributed by atoms with Gasteiger partial charge < -0.3 is 9.47 Å². The van der Waals surface area contributed by atoms with Gasteiger partial charge in [0.15, 0.2) is 21.3 Å². The average molecular weight is 423 g/mol. The number of hydrogen-bond donors (Lipinski definition) is 0. The number of alkyl halides is 3. The zero-order chi connectivity index (χ0) is 20.4. The van der Waals surface area contributed by atoms with Crippen LogP contribution in [0.4, 0.5) is 13.2 Å². The number of rotatable bonds is 5. The molecule has 0 saturated carbocycles. The topological polar surface area (TPSA) is 69.7 Å². The van der Waals surface area contributed by atoms with Crippen molar-refractivity contribution in [2.24, 2.45) is 0 Å². The summed E-state index contributed by atoms with van der Waals surface area (Å²) < 4.78 is 73.4. The largest absolute Gasteiger partial charge is 0.453 e. The molecule has 2 aromatic rings. The molecule has 0 saturated heterocycles. The molecular formula is C17H14ClF3O5S. The quantitative estimate of drug-likeness (QED) is 0.508. The van der Waals surface area contributed by atoms with Crippen LogP contribution in [0.15, 0.2) is 41.3 Å². The van der Waals surface area contributed by atoms with E-state index in [4.69, 9.17) is 21.1 Å². The lowest BCUT2D eigenvalue weighted by molar-refractivity contribution is -0.140. The Labute approximate surface area is 158 Å². The first-order chi connectivity index (χ1) is 12.4. The predicted molar refractivity (Wildman–Crippen MR) is 92.0 cm³/mol. The van der Waals surface area contributed by atoms with Crippen molar-refractivity contribution in [1.82, 2.24) is 0 Å². The van der Waals surface area contributed by atoms with E-state index in [1.165, 1.54) is 18.2 Å². The van der Waals surface area contributed by atoms with Crippen LogP contribution in [-0.4, -0.2) is 20.6 Å². The lowest BCUT2D eigenvalue weighted by Crippen LogP contribution is -2.12. The number of hydrogen-bond acceptors (Lipinski definition) is 5. The summed E-state index contributed by atoms with van der Waals surface area (Å²) in [5, 5.41) is 0.199. The maximum absolute atomic E-state index is 13.2. The lowest BCUT2D eigenvalue weighted by Gasteiger charge is -2.15. The molecule has 0 aliphatic heterocycles. The molecule has 0 aliphatic carbocycles. The van der Waals surface area contributed by atoms with Crippen molar-refractivity contribution in [3.05, 3.63) is 47.0 Å². The molecule has 2 aromatic carbocycles. The van der Waals surface area contributed by atoms with Gasteiger partial charge in [0.25, 0.3) is 0 Å². The normalized spacial score (nSPS) is 11.9. The summed E-state index contributed by atoms with van der Waals surface area (Å²) in [6.07, 6.45) is -4.16.